The summed E-state index contributed by atoms with van der Waals surface area (Å²) < 4.78 is 2.23. The van der Waals surface area contributed by atoms with E-state index in [0.29, 0.717) is 12.5 Å². The second-order valence-electron chi connectivity index (χ2n) is 7.28. The van der Waals surface area contributed by atoms with Crippen molar-refractivity contribution in [2.24, 2.45) is 11.7 Å². The Bertz CT molecular complexity index is 703. The van der Waals surface area contributed by atoms with Crippen LogP contribution in [0.4, 0.5) is 0 Å². The fourth-order valence-corrected chi connectivity index (χ4v) is 3.53. The van der Waals surface area contributed by atoms with E-state index in [9.17, 15) is 4.79 Å². The van der Waals surface area contributed by atoms with Crippen molar-refractivity contribution >= 4 is 5.91 Å². The second-order valence-corrected chi connectivity index (χ2v) is 7.28. The van der Waals surface area contributed by atoms with Gasteiger partial charge in [0.05, 0.1) is 11.6 Å². The molecule has 1 aromatic heterocycles. The van der Waals surface area contributed by atoms with E-state index in [4.69, 9.17) is 5.73 Å². The summed E-state index contributed by atoms with van der Waals surface area (Å²) in [6, 6.07) is 12.5. The molecule has 136 valence electrons. The van der Waals surface area contributed by atoms with Crippen LogP contribution in [0.2, 0.25) is 0 Å². The van der Waals surface area contributed by atoms with Gasteiger partial charge in [-0.1, -0.05) is 44.2 Å². The summed E-state index contributed by atoms with van der Waals surface area (Å²) in [7, 11) is 0. The van der Waals surface area contributed by atoms with Crippen molar-refractivity contribution in [2.75, 3.05) is 6.54 Å². The molecule has 4 nitrogen and oxygen atoms in total. The fraction of sp³-hybridized carbons (Fsp3) is 0.476. The van der Waals surface area contributed by atoms with Crippen LogP contribution in [-0.2, 0) is 0 Å². The first-order chi connectivity index (χ1) is 11.8. The van der Waals surface area contributed by atoms with Crippen LogP contribution < -0.4 is 11.1 Å². The molecule has 2 atom stereocenters. The zero-order valence-electron chi connectivity index (χ0n) is 16.0. The van der Waals surface area contributed by atoms with E-state index in [2.05, 4.69) is 49.7 Å². The van der Waals surface area contributed by atoms with Gasteiger partial charge in [0.2, 0.25) is 0 Å². The Morgan fingerprint density at radius 2 is 1.80 bits per heavy atom. The van der Waals surface area contributed by atoms with E-state index >= 15 is 0 Å². The summed E-state index contributed by atoms with van der Waals surface area (Å²) in [6.45, 7) is 11.0. The molecule has 0 saturated heterocycles. The van der Waals surface area contributed by atoms with E-state index in [-0.39, 0.29) is 18.0 Å². The minimum Gasteiger partial charge on any atom is -0.348 e. The number of carbonyl (C=O) groups is 1. The molecule has 0 bridgehead atoms. The molecule has 0 spiro atoms. The highest BCUT2D eigenvalue weighted by Gasteiger charge is 2.21. The molecule has 25 heavy (non-hydrogen) atoms. The number of nitrogens with zero attached hydrogens (tertiary/aromatic N) is 1. The lowest BCUT2D eigenvalue weighted by atomic mass is 10.0. The van der Waals surface area contributed by atoms with Gasteiger partial charge in [-0.05, 0) is 44.7 Å². The third kappa shape index (κ3) is 4.51. The molecule has 1 heterocycles. The van der Waals surface area contributed by atoms with Crippen LogP contribution in [0.1, 0.15) is 60.5 Å². The van der Waals surface area contributed by atoms with Gasteiger partial charge >= 0.3 is 0 Å². The average Bonchev–Trinajstić information content (AvgIpc) is 2.88. The quantitative estimate of drug-likeness (QED) is 0.804. The summed E-state index contributed by atoms with van der Waals surface area (Å²) in [5.41, 5.74) is 9.88. The number of carbonyl (C=O) groups excluding carboxylic acids is 1. The highest BCUT2D eigenvalue weighted by molar-refractivity contribution is 5.96. The van der Waals surface area contributed by atoms with Gasteiger partial charge in [0.25, 0.3) is 5.91 Å². The molecule has 2 unspecified atom stereocenters. The molecule has 4 heteroatoms. The lowest BCUT2D eigenvalue weighted by molar-refractivity contribution is 0.0933. The number of rotatable bonds is 7. The first kappa shape index (κ1) is 19.3. The highest BCUT2D eigenvalue weighted by Crippen LogP contribution is 2.25. The predicted octanol–water partition coefficient (Wildman–Crippen LogP) is 3.82. The van der Waals surface area contributed by atoms with Crippen molar-refractivity contribution in [3.8, 4) is 0 Å². The topological polar surface area (TPSA) is 60.1 Å². The van der Waals surface area contributed by atoms with Crippen molar-refractivity contribution in [1.29, 1.82) is 0 Å². The maximum absolute atomic E-state index is 12.8. The Hall–Kier alpha value is -2.07. The van der Waals surface area contributed by atoms with Crippen molar-refractivity contribution in [1.82, 2.24) is 9.88 Å². The van der Waals surface area contributed by atoms with Crippen molar-refractivity contribution < 1.29 is 4.79 Å². The van der Waals surface area contributed by atoms with Crippen molar-refractivity contribution in [3.05, 3.63) is 58.9 Å². The number of aryl methyl sites for hydroxylation is 1. The number of hydrogen-bond donors (Lipinski definition) is 2. The SMILES string of the molecule is Cc1cc(C(=O)NC(CN)CC(C)C)c(C)n1C(C)c1ccccc1. The van der Waals surface area contributed by atoms with Crippen molar-refractivity contribution in [3.63, 3.8) is 0 Å². The summed E-state index contributed by atoms with van der Waals surface area (Å²) in [5.74, 6) is 0.468. The molecule has 0 aliphatic heterocycles. The molecule has 1 amide bonds. The van der Waals surface area contributed by atoms with E-state index < -0.39 is 0 Å². The molecule has 3 N–H and O–H groups in total. The third-order valence-corrected chi connectivity index (χ3v) is 4.77. The van der Waals surface area contributed by atoms with Gasteiger partial charge in [-0.25, -0.2) is 0 Å². The molecule has 1 aromatic carbocycles. The summed E-state index contributed by atoms with van der Waals surface area (Å²) in [6.07, 6.45) is 0.890. The largest absolute Gasteiger partial charge is 0.348 e. The van der Waals surface area contributed by atoms with Gasteiger partial charge in [0.15, 0.2) is 0 Å². The first-order valence-electron chi connectivity index (χ1n) is 9.09. The lowest BCUT2D eigenvalue weighted by Crippen LogP contribution is -2.41. The van der Waals surface area contributed by atoms with Gasteiger partial charge in [-0.15, -0.1) is 0 Å². The number of nitrogens with two attached hydrogens (primary N) is 1. The number of benzene rings is 1. The van der Waals surface area contributed by atoms with Gasteiger partial charge in [0.1, 0.15) is 0 Å². The Balaban J connectivity index is 2.25. The fourth-order valence-electron chi connectivity index (χ4n) is 3.53. The van der Waals surface area contributed by atoms with Crippen LogP contribution in [0.15, 0.2) is 36.4 Å². The maximum Gasteiger partial charge on any atom is 0.253 e. The molecular formula is C21H31N3O. The third-order valence-electron chi connectivity index (χ3n) is 4.77. The van der Waals surface area contributed by atoms with Gasteiger partial charge in [0, 0.05) is 24.0 Å². The lowest BCUT2D eigenvalue weighted by Gasteiger charge is -2.20. The number of hydrogen-bond acceptors (Lipinski definition) is 2. The first-order valence-corrected chi connectivity index (χ1v) is 9.09. The minimum absolute atomic E-state index is 0.0158. The highest BCUT2D eigenvalue weighted by atomic mass is 16.1. The Morgan fingerprint density at radius 1 is 1.16 bits per heavy atom. The number of aromatic nitrogens is 1. The van der Waals surface area contributed by atoms with E-state index in [0.717, 1.165) is 23.4 Å². The monoisotopic (exact) mass is 341 g/mol. The van der Waals surface area contributed by atoms with Crippen LogP contribution in [0.25, 0.3) is 0 Å². The molecule has 0 radical (unpaired) electrons. The summed E-state index contributed by atoms with van der Waals surface area (Å²) in [5, 5.41) is 3.10. The van der Waals surface area contributed by atoms with Crippen LogP contribution in [0.3, 0.4) is 0 Å². The zero-order valence-corrected chi connectivity index (χ0v) is 16.0. The molecule has 0 aliphatic carbocycles. The smallest absolute Gasteiger partial charge is 0.253 e. The van der Waals surface area contributed by atoms with E-state index in [1.54, 1.807) is 0 Å². The van der Waals surface area contributed by atoms with E-state index in [1.165, 1.54) is 5.56 Å². The molecule has 0 aliphatic rings. The van der Waals surface area contributed by atoms with E-state index in [1.807, 2.05) is 31.2 Å². The Kier molecular flexibility index (Phi) is 6.43. The zero-order chi connectivity index (χ0) is 18.6. The van der Waals surface area contributed by atoms with Crippen LogP contribution in [-0.4, -0.2) is 23.1 Å². The van der Waals surface area contributed by atoms with Gasteiger partial charge < -0.3 is 15.6 Å². The maximum atomic E-state index is 12.8. The normalized spacial score (nSPS) is 13.7. The van der Waals surface area contributed by atoms with Crippen molar-refractivity contribution in [2.45, 2.75) is 53.1 Å². The number of amides is 1. The standard InChI is InChI=1S/C21H31N3O/c1-14(2)11-19(13-22)23-21(25)20-12-15(3)24(17(20)5)16(4)18-9-7-6-8-10-18/h6-10,12,14,16,19H,11,13,22H2,1-5H3,(H,23,25). The molecule has 2 aromatic rings. The number of nitrogens with one attached hydrogen (secondary N) is 1. The summed E-state index contributed by atoms with van der Waals surface area (Å²) in [4.78, 5) is 12.8. The minimum atomic E-state index is -0.0317. The summed E-state index contributed by atoms with van der Waals surface area (Å²) >= 11 is 0. The Labute approximate surface area is 151 Å². The van der Waals surface area contributed by atoms with Crippen LogP contribution in [0.5, 0.6) is 0 Å². The molecule has 0 fully saturated rings. The molecule has 0 saturated carbocycles. The van der Waals surface area contributed by atoms with Crippen LogP contribution >= 0.6 is 0 Å². The molecule has 2 rings (SSSR count). The average molecular weight is 341 g/mol. The predicted molar refractivity (Wildman–Crippen MR) is 104 cm³/mol. The molecular weight excluding hydrogens is 310 g/mol. The van der Waals surface area contributed by atoms with Gasteiger partial charge in [-0.3, -0.25) is 4.79 Å². The van der Waals surface area contributed by atoms with Gasteiger partial charge in [-0.2, -0.15) is 0 Å². The second kappa shape index (κ2) is 8.34. The Morgan fingerprint density at radius 3 is 2.36 bits per heavy atom. The van der Waals surface area contributed by atoms with Crippen LogP contribution in [0, 0.1) is 19.8 Å².